The Bertz CT molecular complexity index is 440. The zero-order valence-corrected chi connectivity index (χ0v) is 8.64. The lowest BCUT2D eigenvalue weighted by Crippen LogP contribution is -2.08. The number of halogens is 4. The topological polar surface area (TPSA) is 43.1 Å². The molecule has 2 N–H and O–H groups in total. The lowest BCUT2D eigenvalue weighted by Gasteiger charge is -2.10. The van der Waals surface area contributed by atoms with E-state index in [2.05, 4.69) is 0 Å². The van der Waals surface area contributed by atoms with E-state index in [0.29, 0.717) is 0 Å². The second-order valence-electron chi connectivity index (χ2n) is 2.97. The summed E-state index contributed by atoms with van der Waals surface area (Å²) in [6.45, 7) is 0. The van der Waals surface area contributed by atoms with Crippen molar-refractivity contribution in [2.75, 3.05) is 0 Å². The van der Waals surface area contributed by atoms with Gasteiger partial charge in [-0.05, 0) is 23.8 Å². The lowest BCUT2D eigenvalue weighted by atomic mass is 10.1. The summed E-state index contributed by atoms with van der Waals surface area (Å²) >= 11 is 5.47. The first-order valence-corrected chi connectivity index (χ1v) is 4.53. The Morgan fingerprint density at radius 3 is 2.50 bits per heavy atom. The predicted molar refractivity (Wildman–Crippen MR) is 54.7 cm³/mol. The van der Waals surface area contributed by atoms with Gasteiger partial charge in [0.2, 0.25) is 5.91 Å². The maximum absolute atomic E-state index is 12.5. The van der Waals surface area contributed by atoms with Gasteiger partial charge in [0.1, 0.15) is 0 Å². The number of carbonyl (C=O) groups excluding carboxylic acids is 1. The van der Waals surface area contributed by atoms with Crippen LogP contribution >= 0.6 is 11.6 Å². The minimum absolute atomic E-state index is 0.0245. The van der Waals surface area contributed by atoms with Crippen molar-refractivity contribution in [2.45, 2.75) is 6.18 Å². The second-order valence-corrected chi connectivity index (χ2v) is 3.40. The van der Waals surface area contributed by atoms with Gasteiger partial charge in [-0.2, -0.15) is 13.2 Å². The van der Waals surface area contributed by atoms with E-state index in [1.54, 1.807) is 0 Å². The molecule has 16 heavy (non-hydrogen) atoms. The number of amides is 1. The van der Waals surface area contributed by atoms with Crippen LogP contribution in [0.25, 0.3) is 6.08 Å². The highest BCUT2D eigenvalue weighted by Gasteiger charge is 2.32. The molecule has 6 heteroatoms. The van der Waals surface area contributed by atoms with E-state index in [9.17, 15) is 18.0 Å². The molecule has 0 aliphatic rings. The van der Waals surface area contributed by atoms with Crippen molar-refractivity contribution < 1.29 is 18.0 Å². The molecule has 0 aliphatic heterocycles. The summed E-state index contributed by atoms with van der Waals surface area (Å²) in [5, 5.41) is -0.0245. The van der Waals surface area contributed by atoms with Crippen molar-refractivity contribution >= 4 is 23.6 Å². The quantitative estimate of drug-likeness (QED) is 0.805. The fraction of sp³-hybridized carbons (Fsp3) is 0.100. The van der Waals surface area contributed by atoms with Crippen molar-refractivity contribution in [3.8, 4) is 0 Å². The van der Waals surface area contributed by atoms with E-state index in [-0.39, 0.29) is 10.6 Å². The van der Waals surface area contributed by atoms with Gasteiger partial charge < -0.3 is 5.73 Å². The zero-order chi connectivity index (χ0) is 12.3. The lowest BCUT2D eigenvalue weighted by molar-refractivity contribution is -0.137. The maximum atomic E-state index is 12.5. The van der Waals surface area contributed by atoms with Crippen LogP contribution in [-0.2, 0) is 11.0 Å². The van der Waals surface area contributed by atoms with Gasteiger partial charge in [0.15, 0.2) is 0 Å². The molecule has 1 aromatic rings. The molecule has 0 saturated heterocycles. The molecule has 86 valence electrons. The Labute approximate surface area is 94.5 Å². The summed E-state index contributed by atoms with van der Waals surface area (Å²) in [5.74, 6) is -0.817. The molecule has 0 heterocycles. The zero-order valence-electron chi connectivity index (χ0n) is 7.88. The Balaban J connectivity index is 3.23. The normalized spacial score (nSPS) is 12.0. The van der Waals surface area contributed by atoms with Gasteiger partial charge in [-0.1, -0.05) is 17.7 Å². The SMILES string of the molecule is NC(=O)/C=C/c1ccc(Cl)cc1C(F)(F)F. The number of primary amides is 1. The number of benzene rings is 1. The molecule has 0 radical (unpaired) electrons. The standard InChI is InChI=1S/C10H7ClF3NO/c11-7-3-1-6(2-4-9(15)16)8(5-7)10(12,13)14/h1-5H,(H2,15,16)/b4-2+. The highest BCUT2D eigenvalue weighted by atomic mass is 35.5. The largest absolute Gasteiger partial charge is 0.417 e. The summed E-state index contributed by atoms with van der Waals surface area (Å²) in [6, 6.07) is 3.27. The molecule has 0 fully saturated rings. The van der Waals surface area contributed by atoms with Gasteiger partial charge >= 0.3 is 6.18 Å². The Kier molecular flexibility index (Phi) is 3.59. The number of hydrogen-bond acceptors (Lipinski definition) is 1. The smallest absolute Gasteiger partial charge is 0.366 e. The van der Waals surface area contributed by atoms with Crippen LogP contribution in [-0.4, -0.2) is 5.91 Å². The number of carbonyl (C=O) groups is 1. The summed E-state index contributed by atoms with van der Waals surface area (Å²) in [4.78, 5) is 10.4. The van der Waals surface area contributed by atoms with E-state index >= 15 is 0 Å². The highest BCUT2D eigenvalue weighted by Crippen LogP contribution is 2.34. The third-order valence-corrected chi connectivity index (χ3v) is 1.98. The number of nitrogens with two attached hydrogens (primary N) is 1. The van der Waals surface area contributed by atoms with Crippen LogP contribution < -0.4 is 5.73 Å². The number of alkyl halides is 3. The molecule has 2 nitrogen and oxygen atoms in total. The first kappa shape index (κ1) is 12.6. The summed E-state index contributed by atoms with van der Waals surface area (Å²) in [7, 11) is 0. The van der Waals surface area contributed by atoms with Crippen LogP contribution in [0.2, 0.25) is 5.02 Å². The summed E-state index contributed by atoms with van der Waals surface area (Å²) in [5.41, 5.74) is 3.73. The minimum Gasteiger partial charge on any atom is -0.366 e. The molecule has 0 saturated carbocycles. The number of hydrogen-bond donors (Lipinski definition) is 1. The Morgan fingerprint density at radius 2 is 2.00 bits per heavy atom. The molecule has 0 spiro atoms. The van der Waals surface area contributed by atoms with Crippen molar-refractivity contribution in [1.82, 2.24) is 0 Å². The van der Waals surface area contributed by atoms with Crippen molar-refractivity contribution in [1.29, 1.82) is 0 Å². The molecule has 1 amide bonds. The minimum atomic E-state index is -4.53. The third kappa shape index (κ3) is 3.27. The van der Waals surface area contributed by atoms with Crippen LogP contribution in [0.3, 0.4) is 0 Å². The molecule has 0 unspecified atom stereocenters. The average molecular weight is 250 g/mol. The van der Waals surface area contributed by atoms with Gasteiger partial charge in [0.25, 0.3) is 0 Å². The Hall–Kier alpha value is -1.49. The molecule has 0 aliphatic carbocycles. The van der Waals surface area contributed by atoms with Crippen molar-refractivity contribution in [3.05, 3.63) is 40.4 Å². The van der Waals surface area contributed by atoms with Crippen LogP contribution in [0.1, 0.15) is 11.1 Å². The highest BCUT2D eigenvalue weighted by molar-refractivity contribution is 6.30. The second kappa shape index (κ2) is 4.57. The maximum Gasteiger partial charge on any atom is 0.417 e. The molecule has 1 rings (SSSR count). The number of rotatable bonds is 2. The molecule has 1 aromatic carbocycles. The third-order valence-electron chi connectivity index (χ3n) is 1.75. The van der Waals surface area contributed by atoms with Crippen LogP contribution in [0.5, 0.6) is 0 Å². The molecule has 0 atom stereocenters. The van der Waals surface area contributed by atoms with Crippen LogP contribution in [0.4, 0.5) is 13.2 Å². The van der Waals surface area contributed by atoms with Crippen LogP contribution in [0, 0.1) is 0 Å². The van der Waals surface area contributed by atoms with E-state index in [1.807, 2.05) is 0 Å². The van der Waals surface area contributed by atoms with E-state index in [4.69, 9.17) is 17.3 Å². The summed E-state index contributed by atoms with van der Waals surface area (Å²) in [6.07, 6.45) is -2.66. The van der Waals surface area contributed by atoms with E-state index in [1.165, 1.54) is 12.1 Å². The fourth-order valence-electron chi connectivity index (χ4n) is 1.09. The van der Waals surface area contributed by atoms with Crippen LogP contribution in [0.15, 0.2) is 24.3 Å². The monoisotopic (exact) mass is 249 g/mol. The van der Waals surface area contributed by atoms with Gasteiger partial charge in [-0.15, -0.1) is 0 Å². The first-order chi connectivity index (χ1) is 7.30. The Morgan fingerprint density at radius 1 is 1.38 bits per heavy atom. The average Bonchev–Trinajstić information content (AvgIpc) is 2.14. The molecule has 0 aromatic heterocycles. The van der Waals surface area contributed by atoms with Crippen molar-refractivity contribution in [2.24, 2.45) is 5.73 Å². The van der Waals surface area contributed by atoms with E-state index in [0.717, 1.165) is 18.2 Å². The van der Waals surface area contributed by atoms with E-state index < -0.39 is 17.6 Å². The summed E-state index contributed by atoms with van der Waals surface area (Å²) < 4.78 is 37.6. The fourth-order valence-corrected chi connectivity index (χ4v) is 1.26. The first-order valence-electron chi connectivity index (χ1n) is 4.15. The van der Waals surface area contributed by atoms with Crippen molar-refractivity contribution in [3.63, 3.8) is 0 Å². The van der Waals surface area contributed by atoms with Gasteiger partial charge in [-0.3, -0.25) is 4.79 Å². The predicted octanol–water partition coefficient (Wildman–Crippen LogP) is 2.86. The van der Waals surface area contributed by atoms with Gasteiger partial charge in [0.05, 0.1) is 5.56 Å². The molecule has 0 bridgehead atoms. The molecular formula is C10H7ClF3NO. The van der Waals surface area contributed by atoms with Gasteiger partial charge in [0, 0.05) is 11.1 Å². The molecular weight excluding hydrogens is 243 g/mol. The van der Waals surface area contributed by atoms with Gasteiger partial charge in [-0.25, -0.2) is 0 Å².